The number of aliphatic hydroxyl groups excluding tert-OH is 1. The quantitative estimate of drug-likeness (QED) is 0.885. The van der Waals surface area contributed by atoms with Gasteiger partial charge in [-0.3, -0.25) is 14.5 Å². The smallest absolute Gasteiger partial charge is 0.260 e. The minimum absolute atomic E-state index is 0.298. The van der Waals surface area contributed by atoms with E-state index in [4.69, 9.17) is 0 Å². The van der Waals surface area contributed by atoms with Gasteiger partial charge in [-0.2, -0.15) is 0 Å². The van der Waals surface area contributed by atoms with Crippen molar-refractivity contribution in [2.75, 3.05) is 6.54 Å². The number of imide groups is 1. The molecule has 1 saturated heterocycles. The van der Waals surface area contributed by atoms with Gasteiger partial charge in [0.2, 0.25) is 5.91 Å². The van der Waals surface area contributed by atoms with Crippen molar-refractivity contribution in [2.45, 2.75) is 12.5 Å². The second-order valence-corrected chi connectivity index (χ2v) is 5.41. The van der Waals surface area contributed by atoms with Gasteiger partial charge in [-0.05, 0) is 24.1 Å². The molecule has 0 spiro atoms. The SMILES string of the molecule is O=C(c1ccccc1)N1CC[C@H]([C@@H](O)c2ccccc2)C1=O. The Morgan fingerprint density at radius 2 is 1.64 bits per heavy atom. The lowest BCUT2D eigenvalue weighted by Crippen LogP contribution is -2.35. The highest BCUT2D eigenvalue weighted by Crippen LogP contribution is 2.31. The van der Waals surface area contributed by atoms with Crippen LogP contribution in [0.2, 0.25) is 0 Å². The molecule has 112 valence electrons. The fourth-order valence-electron chi connectivity index (χ4n) is 2.82. The predicted molar refractivity (Wildman–Crippen MR) is 82.0 cm³/mol. The van der Waals surface area contributed by atoms with Crippen molar-refractivity contribution in [3.8, 4) is 0 Å². The lowest BCUT2D eigenvalue weighted by atomic mass is 9.94. The topological polar surface area (TPSA) is 57.6 Å². The second kappa shape index (κ2) is 6.12. The molecule has 1 N–H and O–H groups in total. The van der Waals surface area contributed by atoms with Crippen LogP contribution in [-0.4, -0.2) is 28.4 Å². The second-order valence-electron chi connectivity index (χ2n) is 5.41. The molecule has 4 heteroatoms. The average molecular weight is 295 g/mol. The van der Waals surface area contributed by atoms with E-state index in [9.17, 15) is 14.7 Å². The van der Waals surface area contributed by atoms with Gasteiger partial charge in [-0.1, -0.05) is 48.5 Å². The Morgan fingerprint density at radius 1 is 1.05 bits per heavy atom. The van der Waals surface area contributed by atoms with Crippen molar-refractivity contribution in [3.63, 3.8) is 0 Å². The van der Waals surface area contributed by atoms with Crippen LogP contribution in [0.4, 0.5) is 0 Å². The fourth-order valence-corrected chi connectivity index (χ4v) is 2.82. The maximum atomic E-state index is 12.5. The molecule has 22 heavy (non-hydrogen) atoms. The monoisotopic (exact) mass is 295 g/mol. The number of hydrogen-bond acceptors (Lipinski definition) is 3. The fraction of sp³-hybridized carbons (Fsp3) is 0.222. The van der Waals surface area contributed by atoms with Crippen molar-refractivity contribution in [1.29, 1.82) is 0 Å². The van der Waals surface area contributed by atoms with Crippen molar-refractivity contribution >= 4 is 11.8 Å². The highest BCUT2D eigenvalue weighted by atomic mass is 16.3. The summed E-state index contributed by atoms with van der Waals surface area (Å²) in [5.41, 5.74) is 1.19. The van der Waals surface area contributed by atoms with Gasteiger partial charge in [0.15, 0.2) is 0 Å². The molecule has 0 radical (unpaired) electrons. The molecule has 0 aromatic heterocycles. The Labute approximate surface area is 129 Å². The molecule has 1 fully saturated rings. The van der Waals surface area contributed by atoms with Crippen molar-refractivity contribution in [1.82, 2.24) is 4.90 Å². The summed E-state index contributed by atoms with van der Waals surface area (Å²) in [6, 6.07) is 17.8. The molecule has 0 bridgehead atoms. The number of likely N-dealkylation sites (tertiary alicyclic amines) is 1. The predicted octanol–water partition coefficient (Wildman–Crippen LogP) is 2.41. The molecule has 2 aromatic rings. The molecular weight excluding hydrogens is 278 g/mol. The van der Waals surface area contributed by atoms with Gasteiger partial charge in [0.05, 0.1) is 12.0 Å². The van der Waals surface area contributed by atoms with Gasteiger partial charge in [0.1, 0.15) is 0 Å². The van der Waals surface area contributed by atoms with Crippen LogP contribution in [0.1, 0.15) is 28.4 Å². The van der Waals surface area contributed by atoms with Gasteiger partial charge < -0.3 is 5.11 Å². The lowest BCUT2D eigenvalue weighted by Gasteiger charge is -2.18. The Morgan fingerprint density at radius 3 is 2.27 bits per heavy atom. The number of benzene rings is 2. The first kappa shape index (κ1) is 14.5. The summed E-state index contributed by atoms with van der Waals surface area (Å²) in [5, 5.41) is 10.4. The summed E-state index contributed by atoms with van der Waals surface area (Å²) in [6.07, 6.45) is -0.393. The molecule has 0 saturated carbocycles. The summed E-state index contributed by atoms with van der Waals surface area (Å²) in [4.78, 5) is 26.1. The van der Waals surface area contributed by atoms with Gasteiger partial charge in [0.25, 0.3) is 5.91 Å². The van der Waals surface area contributed by atoms with Crippen LogP contribution < -0.4 is 0 Å². The maximum absolute atomic E-state index is 12.5. The standard InChI is InChI=1S/C18H17NO3/c20-16(13-7-3-1-4-8-13)15-11-12-19(18(15)22)17(21)14-9-5-2-6-10-14/h1-10,15-16,20H,11-12H2/t15-,16+/m1/s1. The van der Waals surface area contributed by atoms with E-state index < -0.39 is 12.0 Å². The minimum Gasteiger partial charge on any atom is -0.388 e. The van der Waals surface area contributed by atoms with Gasteiger partial charge in [-0.15, -0.1) is 0 Å². The van der Waals surface area contributed by atoms with E-state index in [0.29, 0.717) is 24.1 Å². The first-order valence-corrected chi connectivity index (χ1v) is 7.32. The number of rotatable bonds is 3. The molecule has 3 rings (SSSR count). The molecule has 0 unspecified atom stereocenters. The van der Waals surface area contributed by atoms with Crippen LogP contribution in [0.3, 0.4) is 0 Å². The van der Waals surface area contributed by atoms with E-state index in [1.54, 1.807) is 36.4 Å². The van der Waals surface area contributed by atoms with E-state index in [1.807, 2.05) is 24.3 Å². The van der Waals surface area contributed by atoms with Gasteiger partial charge in [-0.25, -0.2) is 0 Å². The first-order chi connectivity index (χ1) is 10.7. The molecule has 1 aliphatic heterocycles. The summed E-state index contributed by atoms with van der Waals surface area (Å²) in [6.45, 7) is 0.348. The molecule has 1 aliphatic rings. The van der Waals surface area contributed by atoms with Gasteiger partial charge >= 0.3 is 0 Å². The molecule has 2 aromatic carbocycles. The lowest BCUT2D eigenvalue weighted by molar-refractivity contribution is -0.131. The number of amides is 2. The van der Waals surface area contributed by atoms with Crippen LogP contribution >= 0.6 is 0 Å². The van der Waals surface area contributed by atoms with Crippen molar-refractivity contribution in [2.24, 2.45) is 5.92 Å². The normalized spacial score (nSPS) is 19.2. The summed E-state index contributed by atoms with van der Waals surface area (Å²) in [5.74, 6) is -1.16. The molecular formula is C18H17NO3. The molecule has 0 aliphatic carbocycles. The van der Waals surface area contributed by atoms with E-state index >= 15 is 0 Å². The Bertz CT molecular complexity index is 669. The Balaban J connectivity index is 1.77. The van der Waals surface area contributed by atoms with Crippen molar-refractivity contribution < 1.29 is 14.7 Å². The highest BCUT2D eigenvalue weighted by Gasteiger charge is 2.40. The maximum Gasteiger partial charge on any atom is 0.260 e. The molecule has 1 heterocycles. The number of carbonyl (C=O) groups excluding carboxylic acids is 2. The van der Waals surface area contributed by atoms with Crippen LogP contribution in [-0.2, 0) is 4.79 Å². The minimum atomic E-state index is -0.873. The van der Waals surface area contributed by atoms with Crippen LogP contribution in [0.5, 0.6) is 0 Å². The molecule has 2 amide bonds. The zero-order valence-corrected chi connectivity index (χ0v) is 12.1. The average Bonchev–Trinajstić information content (AvgIpc) is 2.96. The largest absolute Gasteiger partial charge is 0.388 e. The van der Waals surface area contributed by atoms with Crippen LogP contribution in [0.25, 0.3) is 0 Å². The summed E-state index contributed by atoms with van der Waals surface area (Å²) >= 11 is 0. The molecule has 4 nitrogen and oxygen atoms in total. The summed E-state index contributed by atoms with van der Waals surface area (Å²) < 4.78 is 0. The number of aliphatic hydroxyl groups is 1. The Kier molecular flexibility index (Phi) is 4.02. The van der Waals surface area contributed by atoms with E-state index in [2.05, 4.69) is 0 Å². The number of hydrogen-bond donors (Lipinski definition) is 1. The number of nitrogens with zero attached hydrogens (tertiary/aromatic N) is 1. The summed E-state index contributed by atoms with van der Waals surface area (Å²) in [7, 11) is 0. The Hall–Kier alpha value is -2.46. The first-order valence-electron chi connectivity index (χ1n) is 7.32. The number of carbonyl (C=O) groups is 2. The third-order valence-electron chi connectivity index (χ3n) is 4.04. The molecule has 2 atom stereocenters. The third-order valence-corrected chi connectivity index (χ3v) is 4.04. The van der Waals surface area contributed by atoms with Gasteiger partial charge in [0, 0.05) is 12.1 Å². The van der Waals surface area contributed by atoms with E-state index in [1.165, 1.54) is 4.90 Å². The van der Waals surface area contributed by atoms with E-state index in [0.717, 1.165) is 0 Å². The zero-order chi connectivity index (χ0) is 15.5. The van der Waals surface area contributed by atoms with E-state index in [-0.39, 0.29) is 11.8 Å². The zero-order valence-electron chi connectivity index (χ0n) is 12.1. The highest BCUT2D eigenvalue weighted by molar-refractivity contribution is 6.06. The third kappa shape index (κ3) is 2.65. The van der Waals surface area contributed by atoms with Crippen molar-refractivity contribution in [3.05, 3.63) is 71.8 Å². The van der Waals surface area contributed by atoms with Crippen LogP contribution in [0.15, 0.2) is 60.7 Å². The van der Waals surface area contributed by atoms with Crippen LogP contribution in [0, 0.1) is 5.92 Å².